The van der Waals surface area contributed by atoms with Gasteiger partial charge in [0.2, 0.25) is 0 Å². The number of hydrogen-bond acceptors (Lipinski definition) is 3. The molecule has 16 heavy (non-hydrogen) atoms. The van der Waals surface area contributed by atoms with E-state index in [2.05, 4.69) is 0 Å². The smallest absolute Gasteiger partial charge is 0.261 e. The average Bonchev–Trinajstić information content (AvgIpc) is 2.20. The lowest BCUT2D eigenvalue weighted by Gasteiger charge is -2.23. The number of halogens is 1. The molecule has 0 spiro atoms. The van der Waals surface area contributed by atoms with Crippen LogP contribution < -0.4 is 15.2 Å². The molecular weight excluding hydrogens is 213 g/mol. The van der Waals surface area contributed by atoms with Gasteiger partial charge in [0.25, 0.3) is 5.91 Å². The van der Waals surface area contributed by atoms with Gasteiger partial charge in [-0.15, -0.1) is 0 Å². The summed E-state index contributed by atoms with van der Waals surface area (Å²) in [6.45, 7) is 3.05. The zero-order valence-electron chi connectivity index (χ0n) is 9.41. The van der Waals surface area contributed by atoms with Crippen LogP contribution in [0.1, 0.15) is 13.8 Å². The number of methoxy groups -OCH3 is 1. The molecule has 0 unspecified atom stereocenters. The predicted molar refractivity (Wildman–Crippen MR) is 56.9 cm³/mol. The Kier molecular flexibility index (Phi) is 3.37. The van der Waals surface area contributed by atoms with Gasteiger partial charge in [0.15, 0.2) is 17.1 Å². The largest absolute Gasteiger partial charge is 0.493 e. The van der Waals surface area contributed by atoms with Crippen LogP contribution >= 0.6 is 0 Å². The van der Waals surface area contributed by atoms with Crippen molar-refractivity contribution in [3.8, 4) is 11.5 Å². The summed E-state index contributed by atoms with van der Waals surface area (Å²) in [6.07, 6.45) is 0. The minimum Gasteiger partial charge on any atom is -0.493 e. The van der Waals surface area contributed by atoms with E-state index in [1.165, 1.54) is 39.2 Å². The maximum atomic E-state index is 12.9. The van der Waals surface area contributed by atoms with Crippen molar-refractivity contribution in [2.45, 2.75) is 19.4 Å². The van der Waals surface area contributed by atoms with E-state index in [-0.39, 0.29) is 11.5 Å². The normalized spacial score (nSPS) is 11.0. The quantitative estimate of drug-likeness (QED) is 0.847. The zero-order valence-corrected chi connectivity index (χ0v) is 9.41. The molecule has 0 fully saturated rings. The Morgan fingerprint density at radius 2 is 2.00 bits per heavy atom. The molecule has 0 atom stereocenters. The zero-order chi connectivity index (χ0) is 12.3. The van der Waals surface area contributed by atoms with Crippen molar-refractivity contribution in [2.24, 2.45) is 5.73 Å². The lowest BCUT2D eigenvalue weighted by atomic mass is 10.1. The van der Waals surface area contributed by atoms with Gasteiger partial charge in [-0.3, -0.25) is 4.79 Å². The van der Waals surface area contributed by atoms with Crippen LogP contribution in [-0.4, -0.2) is 18.6 Å². The van der Waals surface area contributed by atoms with Crippen LogP contribution in [0.2, 0.25) is 0 Å². The van der Waals surface area contributed by atoms with Crippen molar-refractivity contribution in [3.63, 3.8) is 0 Å². The third kappa shape index (κ3) is 2.62. The van der Waals surface area contributed by atoms with Crippen LogP contribution in [0.25, 0.3) is 0 Å². The van der Waals surface area contributed by atoms with Crippen molar-refractivity contribution in [3.05, 3.63) is 24.0 Å². The van der Waals surface area contributed by atoms with Crippen molar-refractivity contribution in [1.82, 2.24) is 0 Å². The first-order valence-corrected chi connectivity index (χ1v) is 4.69. The molecule has 0 aromatic heterocycles. The fourth-order valence-corrected chi connectivity index (χ4v) is 1.05. The lowest BCUT2D eigenvalue weighted by Crippen LogP contribution is -2.43. The molecule has 0 saturated carbocycles. The number of ether oxygens (including phenoxy) is 2. The molecule has 0 bridgehead atoms. The van der Waals surface area contributed by atoms with E-state index in [9.17, 15) is 9.18 Å². The van der Waals surface area contributed by atoms with Gasteiger partial charge in [-0.05, 0) is 26.0 Å². The number of carbonyl (C=O) groups is 1. The number of amides is 1. The minimum absolute atomic E-state index is 0.217. The van der Waals surface area contributed by atoms with E-state index in [0.717, 1.165) is 0 Å². The van der Waals surface area contributed by atoms with Gasteiger partial charge < -0.3 is 15.2 Å². The molecule has 2 N–H and O–H groups in total. The average molecular weight is 227 g/mol. The van der Waals surface area contributed by atoms with Gasteiger partial charge in [-0.1, -0.05) is 0 Å². The molecule has 88 valence electrons. The van der Waals surface area contributed by atoms with E-state index in [0.29, 0.717) is 0 Å². The van der Waals surface area contributed by atoms with Crippen LogP contribution in [0.4, 0.5) is 4.39 Å². The fourth-order valence-electron chi connectivity index (χ4n) is 1.05. The third-order valence-electron chi connectivity index (χ3n) is 2.08. The fraction of sp³-hybridized carbons (Fsp3) is 0.364. The van der Waals surface area contributed by atoms with Gasteiger partial charge in [-0.25, -0.2) is 4.39 Å². The highest BCUT2D eigenvalue weighted by atomic mass is 19.1. The van der Waals surface area contributed by atoms with Crippen LogP contribution in [0.5, 0.6) is 11.5 Å². The van der Waals surface area contributed by atoms with E-state index >= 15 is 0 Å². The molecule has 1 aromatic rings. The van der Waals surface area contributed by atoms with Gasteiger partial charge >= 0.3 is 0 Å². The Hall–Kier alpha value is -1.78. The highest BCUT2D eigenvalue weighted by molar-refractivity contribution is 5.83. The van der Waals surface area contributed by atoms with Crippen LogP contribution in [0.15, 0.2) is 18.2 Å². The molecule has 1 amide bonds. The van der Waals surface area contributed by atoms with Crippen LogP contribution in [-0.2, 0) is 4.79 Å². The molecule has 4 nitrogen and oxygen atoms in total. The molecule has 0 heterocycles. The molecule has 0 saturated heterocycles. The molecular formula is C11H14FNO3. The highest BCUT2D eigenvalue weighted by Crippen LogP contribution is 2.30. The van der Waals surface area contributed by atoms with E-state index in [1.807, 2.05) is 0 Å². The molecule has 5 heteroatoms. The molecule has 0 radical (unpaired) electrons. The first-order chi connectivity index (χ1) is 7.36. The molecule has 0 aliphatic heterocycles. The number of benzene rings is 1. The number of hydrogen-bond donors (Lipinski definition) is 1. The Morgan fingerprint density at radius 3 is 2.50 bits per heavy atom. The van der Waals surface area contributed by atoms with E-state index < -0.39 is 17.3 Å². The summed E-state index contributed by atoms with van der Waals surface area (Å²) in [5, 5.41) is 0. The van der Waals surface area contributed by atoms with Crippen LogP contribution in [0.3, 0.4) is 0 Å². The second-order valence-corrected chi connectivity index (χ2v) is 3.77. The van der Waals surface area contributed by atoms with Gasteiger partial charge in [0.1, 0.15) is 5.82 Å². The second-order valence-electron chi connectivity index (χ2n) is 3.77. The third-order valence-corrected chi connectivity index (χ3v) is 2.08. The van der Waals surface area contributed by atoms with Crippen LogP contribution in [0, 0.1) is 5.82 Å². The van der Waals surface area contributed by atoms with Crippen molar-refractivity contribution in [1.29, 1.82) is 0 Å². The first-order valence-electron chi connectivity index (χ1n) is 4.69. The van der Waals surface area contributed by atoms with E-state index in [1.54, 1.807) is 0 Å². The summed E-state index contributed by atoms with van der Waals surface area (Å²) in [5.41, 5.74) is 3.99. The summed E-state index contributed by atoms with van der Waals surface area (Å²) in [6, 6.07) is 3.78. The number of rotatable bonds is 4. The molecule has 0 aliphatic rings. The number of carbonyl (C=O) groups excluding carboxylic acids is 1. The summed E-state index contributed by atoms with van der Waals surface area (Å²) >= 11 is 0. The topological polar surface area (TPSA) is 61.6 Å². The standard InChI is InChI=1S/C11H14FNO3/c1-11(2,10(13)14)16-8-5-4-7(12)6-9(8)15-3/h4-6H,1-3H3,(H2,13,14). The number of nitrogens with two attached hydrogens (primary N) is 1. The lowest BCUT2D eigenvalue weighted by molar-refractivity contribution is -0.130. The van der Waals surface area contributed by atoms with Gasteiger partial charge in [0, 0.05) is 6.07 Å². The Morgan fingerprint density at radius 1 is 1.38 bits per heavy atom. The second kappa shape index (κ2) is 4.38. The van der Waals surface area contributed by atoms with Gasteiger partial charge in [-0.2, -0.15) is 0 Å². The van der Waals surface area contributed by atoms with E-state index in [4.69, 9.17) is 15.2 Å². The Balaban J connectivity index is 3.01. The predicted octanol–water partition coefficient (Wildman–Crippen LogP) is 1.48. The highest BCUT2D eigenvalue weighted by Gasteiger charge is 2.28. The summed E-state index contributed by atoms with van der Waals surface area (Å²) in [4.78, 5) is 11.1. The molecule has 1 aromatic carbocycles. The molecule has 0 aliphatic carbocycles. The SMILES string of the molecule is COc1cc(F)ccc1OC(C)(C)C(N)=O. The maximum absolute atomic E-state index is 12.9. The summed E-state index contributed by atoms with van der Waals surface area (Å²) in [7, 11) is 1.39. The maximum Gasteiger partial charge on any atom is 0.261 e. The first kappa shape index (κ1) is 12.3. The summed E-state index contributed by atoms with van der Waals surface area (Å²) < 4.78 is 23.2. The van der Waals surface area contributed by atoms with Crippen molar-refractivity contribution >= 4 is 5.91 Å². The summed E-state index contributed by atoms with van der Waals surface area (Å²) in [5.74, 6) is -0.568. The monoisotopic (exact) mass is 227 g/mol. The van der Waals surface area contributed by atoms with Gasteiger partial charge in [0.05, 0.1) is 7.11 Å². The van der Waals surface area contributed by atoms with Crippen molar-refractivity contribution < 1.29 is 18.7 Å². The van der Waals surface area contributed by atoms with Crippen molar-refractivity contribution in [2.75, 3.05) is 7.11 Å². The number of primary amides is 1. The molecule has 1 rings (SSSR count). The Bertz CT molecular complexity index is 404. The minimum atomic E-state index is -1.18. The Labute approximate surface area is 93.2 Å².